The van der Waals surface area contributed by atoms with Gasteiger partial charge in [0.1, 0.15) is 11.5 Å². The van der Waals surface area contributed by atoms with E-state index in [-0.39, 0.29) is 5.69 Å². The van der Waals surface area contributed by atoms with Crippen molar-refractivity contribution in [3.05, 3.63) is 59.3 Å². The Morgan fingerprint density at radius 2 is 1.66 bits per heavy atom. The maximum absolute atomic E-state index is 12.2. The number of esters is 1. The Bertz CT molecular complexity index is 1070. The zero-order valence-corrected chi connectivity index (χ0v) is 16.6. The number of rotatable bonds is 6. The summed E-state index contributed by atoms with van der Waals surface area (Å²) in [5.74, 6) is -0.00564. The molecule has 150 valence electrons. The number of hydrogen-bond acceptors (Lipinski definition) is 6. The van der Waals surface area contributed by atoms with Crippen molar-refractivity contribution in [2.75, 3.05) is 21.3 Å². The molecule has 0 saturated heterocycles. The van der Waals surface area contributed by atoms with Crippen LogP contribution in [-0.4, -0.2) is 43.0 Å². The molecule has 8 nitrogen and oxygen atoms in total. The third kappa shape index (κ3) is 3.64. The summed E-state index contributed by atoms with van der Waals surface area (Å²) in [5, 5.41) is 4.43. The molecule has 3 rings (SSSR count). The van der Waals surface area contributed by atoms with E-state index in [0.29, 0.717) is 34.0 Å². The maximum atomic E-state index is 12.2. The largest absolute Gasteiger partial charge is 0.496 e. The third-order valence-electron chi connectivity index (χ3n) is 4.50. The third-order valence-corrected chi connectivity index (χ3v) is 4.50. The number of nitrogens with two attached hydrogens (primary N) is 1. The molecule has 0 saturated carbocycles. The molecule has 1 heterocycles. The number of hydrogen-bond donors (Lipinski definition) is 1. The molecule has 0 spiro atoms. The van der Waals surface area contributed by atoms with E-state index in [1.807, 2.05) is 6.92 Å². The first-order valence-electron chi connectivity index (χ1n) is 8.71. The van der Waals surface area contributed by atoms with Gasteiger partial charge >= 0.3 is 5.97 Å². The first-order chi connectivity index (χ1) is 13.9. The number of benzene rings is 2. The summed E-state index contributed by atoms with van der Waals surface area (Å²) in [6, 6.07) is 12.0. The minimum absolute atomic E-state index is 0.119. The van der Waals surface area contributed by atoms with Crippen LogP contribution in [-0.2, 0) is 4.74 Å². The van der Waals surface area contributed by atoms with Crippen LogP contribution in [0.25, 0.3) is 16.9 Å². The molecule has 3 aromatic rings. The van der Waals surface area contributed by atoms with E-state index < -0.39 is 11.9 Å². The first-order valence-corrected chi connectivity index (χ1v) is 8.71. The number of ether oxygens (including phenoxy) is 3. The van der Waals surface area contributed by atoms with E-state index >= 15 is 0 Å². The summed E-state index contributed by atoms with van der Waals surface area (Å²) in [4.78, 5) is 23.7. The molecule has 0 unspecified atom stereocenters. The Morgan fingerprint density at radius 3 is 2.17 bits per heavy atom. The molecule has 0 aliphatic heterocycles. The second-order valence-electron chi connectivity index (χ2n) is 6.22. The molecule has 1 aromatic heterocycles. The molecule has 2 aromatic carbocycles. The lowest BCUT2D eigenvalue weighted by Gasteiger charge is -2.16. The number of nitrogens with zero attached hydrogens (tertiary/aromatic N) is 2. The summed E-state index contributed by atoms with van der Waals surface area (Å²) in [5.41, 5.74) is 8.47. The fourth-order valence-electron chi connectivity index (χ4n) is 3.10. The zero-order chi connectivity index (χ0) is 21.1. The minimum atomic E-state index is -0.578. The van der Waals surface area contributed by atoms with Crippen molar-refractivity contribution in [3.63, 3.8) is 0 Å². The van der Waals surface area contributed by atoms with Crippen molar-refractivity contribution in [2.24, 2.45) is 5.73 Å². The second-order valence-corrected chi connectivity index (χ2v) is 6.22. The number of aromatic nitrogens is 2. The van der Waals surface area contributed by atoms with Gasteiger partial charge in [0.2, 0.25) is 5.91 Å². The predicted molar refractivity (Wildman–Crippen MR) is 107 cm³/mol. The fourth-order valence-corrected chi connectivity index (χ4v) is 3.10. The lowest BCUT2D eigenvalue weighted by atomic mass is 10.1. The van der Waals surface area contributed by atoms with E-state index in [4.69, 9.17) is 19.9 Å². The first kappa shape index (κ1) is 19.9. The molecule has 1 amide bonds. The van der Waals surface area contributed by atoms with Crippen LogP contribution in [0.3, 0.4) is 0 Å². The monoisotopic (exact) mass is 395 g/mol. The highest BCUT2D eigenvalue weighted by atomic mass is 16.5. The number of carbonyl (C=O) groups is 2. The van der Waals surface area contributed by atoms with Crippen molar-refractivity contribution in [1.29, 1.82) is 0 Å². The summed E-state index contributed by atoms with van der Waals surface area (Å²) in [7, 11) is 4.39. The van der Waals surface area contributed by atoms with E-state index in [2.05, 4.69) is 5.10 Å². The maximum Gasteiger partial charge on any atom is 0.358 e. The quantitative estimate of drug-likeness (QED) is 0.644. The second kappa shape index (κ2) is 8.05. The van der Waals surface area contributed by atoms with Gasteiger partial charge in [-0.15, -0.1) is 0 Å². The van der Waals surface area contributed by atoms with E-state index in [1.54, 1.807) is 61.4 Å². The van der Waals surface area contributed by atoms with Crippen LogP contribution < -0.4 is 15.2 Å². The lowest BCUT2D eigenvalue weighted by Crippen LogP contribution is -2.12. The number of aryl methyl sites for hydroxylation is 1. The highest BCUT2D eigenvalue weighted by Crippen LogP contribution is 2.40. The molecule has 0 atom stereocenters. The molecule has 0 fully saturated rings. The van der Waals surface area contributed by atoms with E-state index in [1.165, 1.54) is 7.11 Å². The standard InChI is InChI=1S/C21H21N3O5/c1-12-10-13(20(22)25)8-9-15(12)24-16(11-14(23-24)21(26)29-4)19-17(27-2)6-5-7-18(19)28-3/h5-11H,1-4H3,(H2,22,25). The molecular weight excluding hydrogens is 374 g/mol. The zero-order valence-electron chi connectivity index (χ0n) is 16.6. The van der Waals surface area contributed by atoms with Crippen LogP contribution in [0, 0.1) is 6.92 Å². The average molecular weight is 395 g/mol. The summed E-state index contributed by atoms with van der Waals surface area (Å²) < 4.78 is 17.4. The molecule has 2 N–H and O–H groups in total. The van der Waals surface area contributed by atoms with Gasteiger partial charge in [-0.05, 0) is 48.9 Å². The van der Waals surface area contributed by atoms with Gasteiger partial charge in [0.15, 0.2) is 5.69 Å². The Morgan fingerprint density at radius 1 is 1.00 bits per heavy atom. The van der Waals surface area contributed by atoms with Gasteiger partial charge in [-0.25, -0.2) is 9.48 Å². The van der Waals surface area contributed by atoms with Gasteiger partial charge in [0.05, 0.1) is 38.3 Å². The molecule has 29 heavy (non-hydrogen) atoms. The Kier molecular flexibility index (Phi) is 5.54. The van der Waals surface area contributed by atoms with Gasteiger partial charge in [-0.2, -0.15) is 5.10 Å². The summed E-state index contributed by atoms with van der Waals surface area (Å²) >= 11 is 0. The van der Waals surface area contributed by atoms with Gasteiger partial charge in [-0.1, -0.05) is 6.07 Å². The Balaban J connectivity index is 2.31. The van der Waals surface area contributed by atoms with Crippen molar-refractivity contribution >= 4 is 11.9 Å². The topological polar surface area (TPSA) is 106 Å². The van der Waals surface area contributed by atoms with Gasteiger partial charge in [0.25, 0.3) is 0 Å². The normalized spacial score (nSPS) is 10.5. The van der Waals surface area contributed by atoms with Crippen LogP contribution in [0.1, 0.15) is 26.4 Å². The minimum Gasteiger partial charge on any atom is -0.496 e. The fraction of sp³-hybridized carbons (Fsp3) is 0.190. The van der Waals surface area contributed by atoms with Gasteiger partial charge < -0.3 is 19.9 Å². The van der Waals surface area contributed by atoms with Crippen LogP contribution in [0.5, 0.6) is 11.5 Å². The van der Waals surface area contributed by atoms with Gasteiger partial charge in [-0.3, -0.25) is 4.79 Å². The average Bonchev–Trinajstić information content (AvgIpc) is 3.16. The van der Waals surface area contributed by atoms with E-state index in [9.17, 15) is 9.59 Å². The molecule has 0 radical (unpaired) electrons. The molecule has 0 aliphatic rings. The van der Waals surface area contributed by atoms with Crippen LogP contribution >= 0.6 is 0 Å². The van der Waals surface area contributed by atoms with Crippen LogP contribution in [0.2, 0.25) is 0 Å². The SMILES string of the molecule is COC(=O)c1cc(-c2c(OC)cccc2OC)n(-c2ccc(C(N)=O)cc2C)n1. The molecule has 0 bridgehead atoms. The van der Waals surface area contributed by atoms with Crippen LogP contribution in [0.15, 0.2) is 42.5 Å². The predicted octanol–water partition coefficient (Wildman–Crippen LogP) is 2.75. The van der Waals surface area contributed by atoms with Crippen molar-refractivity contribution < 1.29 is 23.8 Å². The van der Waals surface area contributed by atoms with Crippen LogP contribution in [0.4, 0.5) is 0 Å². The van der Waals surface area contributed by atoms with Crippen molar-refractivity contribution in [2.45, 2.75) is 6.92 Å². The number of amides is 1. The molecule has 0 aliphatic carbocycles. The lowest BCUT2D eigenvalue weighted by molar-refractivity contribution is 0.0593. The summed E-state index contributed by atoms with van der Waals surface area (Å²) in [6.07, 6.45) is 0. The molecular formula is C21H21N3O5. The van der Waals surface area contributed by atoms with Crippen molar-refractivity contribution in [3.8, 4) is 28.4 Å². The van der Waals surface area contributed by atoms with Crippen molar-refractivity contribution in [1.82, 2.24) is 9.78 Å². The highest BCUT2D eigenvalue weighted by molar-refractivity contribution is 5.93. The number of carbonyl (C=O) groups excluding carboxylic acids is 2. The smallest absolute Gasteiger partial charge is 0.358 e. The Hall–Kier alpha value is -3.81. The van der Waals surface area contributed by atoms with E-state index in [0.717, 1.165) is 5.56 Å². The highest BCUT2D eigenvalue weighted by Gasteiger charge is 2.23. The number of primary amides is 1. The summed E-state index contributed by atoms with van der Waals surface area (Å²) in [6.45, 7) is 1.82. The van der Waals surface area contributed by atoms with Gasteiger partial charge in [0, 0.05) is 5.56 Å². The molecule has 8 heteroatoms. The Labute approximate surface area is 167 Å². The number of methoxy groups -OCH3 is 3.